The normalized spacial score (nSPS) is 11.3. The van der Waals surface area contributed by atoms with Crippen LogP contribution in [0.4, 0.5) is 13.2 Å². The third kappa shape index (κ3) is 2.50. The molecule has 0 spiro atoms. The summed E-state index contributed by atoms with van der Waals surface area (Å²) in [6.45, 7) is 0. The van der Waals surface area contributed by atoms with Crippen molar-refractivity contribution in [1.82, 2.24) is 0 Å². The van der Waals surface area contributed by atoms with Crippen LogP contribution in [0.1, 0.15) is 15.9 Å². The maximum Gasteiger partial charge on any atom is 0.416 e. The second kappa shape index (κ2) is 4.22. The highest BCUT2D eigenvalue weighted by Gasteiger charge is 2.32. The van der Waals surface area contributed by atoms with Crippen molar-refractivity contribution in [2.45, 2.75) is 6.18 Å². The van der Waals surface area contributed by atoms with Gasteiger partial charge in [-0.05, 0) is 28.1 Å². The summed E-state index contributed by atoms with van der Waals surface area (Å²) in [7, 11) is 1.20. The highest BCUT2D eigenvalue weighted by Crippen LogP contribution is 2.36. The van der Waals surface area contributed by atoms with Gasteiger partial charge in [-0.15, -0.1) is 0 Å². The molecule has 0 aliphatic rings. The van der Waals surface area contributed by atoms with Crippen LogP contribution in [0.25, 0.3) is 0 Å². The number of alkyl halides is 3. The predicted molar refractivity (Wildman–Crippen MR) is 51.1 cm³/mol. The lowest BCUT2D eigenvalue weighted by molar-refractivity contribution is -0.137. The van der Waals surface area contributed by atoms with Gasteiger partial charge in [0.25, 0.3) is 0 Å². The van der Waals surface area contributed by atoms with Gasteiger partial charge in [0.05, 0.1) is 18.2 Å². The Balaban J connectivity index is 3.38. The lowest BCUT2D eigenvalue weighted by atomic mass is 10.1. The van der Waals surface area contributed by atoms with Crippen LogP contribution >= 0.6 is 15.9 Å². The summed E-state index contributed by atoms with van der Waals surface area (Å²) in [4.78, 5) is 10.6. The fourth-order valence-electron chi connectivity index (χ4n) is 1.04. The lowest BCUT2D eigenvalue weighted by Crippen LogP contribution is -2.06. The first-order valence-electron chi connectivity index (χ1n) is 3.80. The Labute approximate surface area is 92.2 Å². The summed E-state index contributed by atoms with van der Waals surface area (Å²) in [5.41, 5.74) is -0.803. The van der Waals surface area contributed by atoms with Gasteiger partial charge in [-0.25, -0.2) is 0 Å². The fourth-order valence-corrected chi connectivity index (χ4v) is 1.58. The van der Waals surface area contributed by atoms with Gasteiger partial charge in [-0.1, -0.05) is 0 Å². The molecule has 0 aliphatic carbocycles. The molecule has 0 amide bonds. The first-order valence-corrected chi connectivity index (χ1v) is 4.59. The molecule has 2 nitrogen and oxygen atoms in total. The van der Waals surface area contributed by atoms with E-state index < -0.39 is 11.7 Å². The van der Waals surface area contributed by atoms with Crippen molar-refractivity contribution >= 4 is 22.2 Å². The molecule has 6 heteroatoms. The number of halogens is 4. The number of hydrogen-bond donors (Lipinski definition) is 0. The zero-order valence-corrected chi connectivity index (χ0v) is 9.15. The molecule has 1 rings (SSSR count). The number of aldehydes is 1. The average Bonchev–Trinajstić information content (AvgIpc) is 2.15. The van der Waals surface area contributed by atoms with Gasteiger partial charge in [0, 0.05) is 4.47 Å². The molecule has 0 aromatic heterocycles. The third-order valence-corrected chi connectivity index (χ3v) is 2.41. The SMILES string of the molecule is COc1cc(C(F)(F)F)cc(Br)c1C=O. The Morgan fingerprint density at radius 1 is 1.40 bits per heavy atom. The Hall–Kier alpha value is -1.04. The molecule has 0 aliphatic heterocycles. The van der Waals surface area contributed by atoms with Crippen molar-refractivity contribution in [1.29, 1.82) is 0 Å². The van der Waals surface area contributed by atoms with E-state index in [2.05, 4.69) is 15.9 Å². The largest absolute Gasteiger partial charge is 0.496 e. The third-order valence-electron chi connectivity index (χ3n) is 1.76. The lowest BCUT2D eigenvalue weighted by Gasteiger charge is -2.11. The number of benzene rings is 1. The minimum Gasteiger partial charge on any atom is -0.496 e. The summed E-state index contributed by atoms with van der Waals surface area (Å²) in [6.07, 6.45) is -4.03. The zero-order chi connectivity index (χ0) is 11.6. The number of carbonyl (C=O) groups excluding carboxylic acids is 1. The summed E-state index contributed by atoms with van der Waals surface area (Å²) in [5, 5.41) is 0. The fraction of sp³-hybridized carbons (Fsp3) is 0.222. The highest BCUT2D eigenvalue weighted by molar-refractivity contribution is 9.10. The van der Waals surface area contributed by atoms with E-state index in [1.807, 2.05) is 0 Å². The van der Waals surface area contributed by atoms with Gasteiger partial charge in [0.15, 0.2) is 6.29 Å². The van der Waals surface area contributed by atoms with E-state index in [-0.39, 0.29) is 15.8 Å². The van der Waals surface area contributed by atoms with Crippen LogP contribution in [0.3, 0.4) is 0 Å². The summed E-state index contributed by atoms with van der Waals surface area (Å²) >= 11 is 2.88. The van der Waals surface area contributed by atoms with Crippen molar-refractivity contribution in [3.8, 4) is 5.75 Å². The smallest absolute Gasteiger partial charge is 0.416 e. The van der Waals surface area contributed by atoms with Crippen molar-refractivity contribution < 1.29 is 22.7 Å². The van der Waals surface area contributed by atoms with Gasteiger partial charge in [0.2, 0.25) is 0 Å². The minimum absolute atomic E-state index is 0.0594. The Bertz CT molecular complexity index is 388. The van der Waals surface area contributed by atoms with Crippen LogP contribution < -0.4 is 4.74 Å². The molecule has 0 atom stereocenters. The van der Waals surface area contributed by atoms with Crippen LogP contribution in [0.2, 0.25) is 0 Å². The first kappa shape index (κ1) is 12.0. The van der Waals surface area contributed by atoms with Gasteiger partial charge in [0.1, 0.15) is 5.75 Å². The second-order valence-electron chi connectivity index (χ2n) is 2.69. The van der Waals surface area contributed by atoms with E-state index in [4.69, 9.17) is 4.74 Å². The molecular formula is C9H6BrF3O2. The van der Waals surface area contributed by atoms with Crippen molar-refractivity contribution in [3.63, 3.8) is 0 Å². The zero-order valence-electron chi connectivity index (χ0n) is 7.56. The molecule has 0 bridgehead atoms. The quantitative estimate of drug-likeness (QED) is 0.778. The molecule has 0 heterocycles. The van der Waals surface area contributed by atoms with E-state index in [1.54, 1.807) is 0 Å². The van der Waals surface area contributed by atoms with E-state index in [1.165, 1.54) is 7.11 Å². The van der Waals surface area contributed by atoms with E-state index >= 15 is 0 Å². The van der Waals surface area contributed by atoms with Crippen LogP contribution in [0, 0.1) is 0 Å². The number of hydrogen-bond acceptors (Lipinski definition) is 2. The number of ether oxygens (including phenoxy) is 1. The van der Waals surface area contributed by atoms with E-state index in [0.717, 1.165) is 12.1 Å². The maximum atomic E-state index is 12.4. The Morgan fingerprint density at radius 2 is 2.00 bits per heavy atom. The Morgan fingerprint density at radius 3 is 2.40 bits per heavy atom. The first-order chi connectivity index (χ1) is 6.90. The molecule has 0 radical (unpaired) electrons. The predicted octanol–water partition coefficient (Wildman–Crippen LogP) is 3.29. The van der Waals surface area contributed by atoms with E-state index in [9.17, 15) is 18.0 Å². The summed E-state index contributed by atoms with van der Waals surface area (Å²) < 4.78 is 41.8. The van der Waals surface area contributed by atoms with Gasteiger partial charge in [-0.2, -0.15) is 13.2 Å². The summed E-state index contributed by atoms with van der Waals surface area (Å²) in [6, 6.07) is 1.63. The second-order valence-corrected chi connectivity index (χ2v) is 3.54. The maximum absolute atomic E-state index is 12.4. The van der Waals surface area contributed by atoms with Crippen molar-refractivity contribution in [2.75, 3.05) is 7.11 Å². The monoisotopic (exact) mass is 282 g/mol. The van der Waals surface area contributed by atoms with Crippen LogP contribution in [0.5, 0.6) is 5.75 Å². The van der Waals surface area contributed by atoms with Gasteiger partial charge in [-0.3, -0.25) is 4.79 Å². The molecular weight excluding hydrogens is 277 g/mol. The standard InChI is InChI=1S/C9H6BrF3O2/c1-15-8-3-5(9(11,12)13)2-7(10)6(8)4-14/h2-4H,1H3. The average molecular weight is 283 g/mol. The molecule has 82 valence electrons. The molecule has 0 N–H and O–H groups in total. The van der Waals surface area contributed by atoms with Gasteiger partial charge < -0.3 is 4.74 Å². The summed E-state index contributed by atoms with van der Waals surface area (Å²) in [5.74, 6) is -0.105. The topological polar surface area (TPSA) is 26.3 Å². The van der Waals surface area contributed by atoms with Crippen LogP contribution in [0.15, 0.2) is 16.6 Å². The molecule has 0 saturated heterocycles. The molecule has 1 aromatic rings. The van der Waals surface area contributed by atoms with Gasteiger partial charge >= 0.3 is 6.18 Å². The molecule has 15 heavy (non-hydrogen) atoms. The number of methoxy groups -OCH3 is 1. The van der Waals surface area contributed by atoms with Crippen LogP contribution in [-0.2, 0) is 6.18 Å². The van der Waals surface area contributed by atoms with E-state index in [0.29, 0.717) is 6.29 Å². The van der Waals surface area contributed by atoms with Crippen LogP contribution in [-0.4, -0.2) is 13.4 Å². The minimum atomic E-state index is -4.46. The number of rotatable bonds is 2. The molecule has 0 unspecified atom stereocenters. The molecule has 0 fully saturated rings. The molecule has 1 aromatic carbocycles. The highest BCUT2D eigenvalue weighted by atomic mass is 79.9. The van der Waals surface area contributed by atoms with Crippen molar-refractivity contribution in [3.05, 3.63) is 27.7 Å². The Kier molecular flexibility index (Phi) is 3.38. The van der Waals surface area contributed by atoms with Crippen molar-refractivity contribution in [2.24, 2.45) is 0 Å². The molecule has 0 saturated carbocycles. The number of carbonyl (C=O) groups is 1.